The number of hydrogen-bond acceptors (Lipinski definition) is 4. The van der Waals surface area contributed by atoms with E-state index in [9.17, 15) is 4.79 Å². The maximum absolute atomic E-state index is 10.9. The van der Waals surface area contributed by atoms with Gasteiger partial charge in [-0.3, -0.25) is 9.89 Å². The molecule has 2 N–H and O–H groups in total. The zero-order valence-corrected chi connectivity index (χ0v) is 11.1. The van der Waals surface area contributed by atoms with Crippen LogP contribution in [0.25, 0.3) is 0 Å². The van der Waals surface area contributed by atoms with Crippen LogP contribution in [0.5, 0.6) is 0 Å². The summed E-state index contributed by atoms with van der Waals surface area (Å²) < 4.78 is 0. The van der Waals surface area contributed by atoms with Gasteiger partial charge in [0.25, 0.3) is 0 Å². The van der Waals surface area contributed by atoms with Gasteiger partial charge >= 0.3 is 5.97 Å². The molecular formula is C12H20N4O2. The lowest BCUT2D eigenvalue weighted by atomic mass is 9.96. The fourth-order valence-corrected chi connectivity index (χ4v) is 2.06. The molecule has 18 heavy (non-hydrogen) atoms. The van der Waals surface area contributed by atoms with Gasteiger partial charge in [0, 0.05) is 18.5 Å². The lowest BCUT2D eigenvalue weighted by molar-refractivity contribution is -0.142. The molecule has 0 aromatic carbocycles. The molecular weight excluding hydrogens is 232 g/mol. The molecule has 2 heterocycles. The third kappa shape index (κ3) is 2.63. The second-order valence-electron chi connectivity index (χ2n) is 5.83. The Hall–Kier alpha value is -1.59. The molecule has 0 amide bonds. The van der Waals surface area contributed by atoms with E-state index < -0.39 is 5.97 Å². The molecule has 0 spiro atoms. The Balaban J connectivity index is 2.02. The lowest BCUT2D eigenvalue weighted by Crippen LogP contribution is -2.37. The molecule has 0 aliphatic carbocycles. The number of aromatic nitrogens is 3. The van der Waals surface area contributed by atoms with E-state index in [0.717, 1.165) is 5.82 Å². The number of aliphatic carboxylic acids is 1. The number of hydrogen-bond donors (Lipinski definition) is 2. The fraction of sp³-hybridized carbons (Fsp3) is 0.750. The quantitative estimate of drug-likeness (QED) is 0.831. The number of piperidine rings is 1. The van der Waals surface area contributed by atoms with Crippen LogP contribution in [0.15, 0.2) is 0 Å². The van der Waals surface area contributed by atoms with Crippen molar-refractivity contribution in [1.29, 1.82) is 0 Å². The smallest absolute Gasteiger partial charge is 0.306 e. The van der Waals surface area contributed by atoms with Crippen LogP contribution >= 0.6 is 0 Å². The van der Waals surface area contributed by atoms with Gasteiger partial charge in [-0.2, -0.15) is 4.98 Å². The number of aromatic amines is 1. The number of nitrogens with one attached hydrogen (secondary N) is 1. The minimum absolute atomic E-state index is 0.0510. The molecule has 1 aromatic rings. The normalized spacial score (nSPS) is 18.1. The predicted octanol–water partition coefficient (Wildman–Crippen LogP) is 1.40. The Morgan fingerprint density at radius 1 is 1.39 bits per heavy atom. The first-order valence-corrected chi connectivity index (χ1v) is 6.28. The van der Waals surface area contributed by atoms with Gasteiger partial charge in [-0.1, -0.05) is 20.8 Å². The van der Waals surface area contributed by atoms with E-state index in [1.54, 1.807) is 0 Å². The molecule has 1 aromatic heterocycles. The molecule has 0 unspecified atom stereocenters. The Kier molecular flexibility index (Phi) is 3.28. The molecule has 0 saturated carbocycles. The molecule has 6 heteroatoms. The summed E-state index contributed by atoms with van der Waals surface area (Å²) in [6.45, 7) is 7.65. The van der Waals surface area contributed by atoms with Crippen molar-refractivity contribution < 1.29 is 9.90 Å². The minimum Gasteiger partial charge on any atom is -0.481 e. The Bertz CT molecular complexity index is 428. The van der Waals surface area contributed by atoms with Gasteiger partial charge in [0.1, 0.15) is 5.82 Å². The Morgan fingerprint density at radius 2 is 2.00 bits per heavy atom. The van der Waals surface area contributed by atoms with E-state index in [1.165, 1.54) is 0 Å². The number of carboxylic acid groups (broad SMARTS) is 1. The topological polar surface area (TPSA) is 82.1 Å². The maximum Gasteiger partial charge on any atom is 0.306 e. The fourth-order valence-electron chi connectivity index (χ4n) is 2.06. The summed E-state index contributed by atoms with van der Waals surface area (Å²) in [5.41, 5.74) is -0.0510. The first-order chi connectivity index (χ1) is 8.38. The monoisotopic (exact) mass is 252 g/mol. The molecule has 100 valence electrons. The van der Waals surface area contributed by atoms with E-state index in [2.05, 4.69) is 36.0 Å². The molecule has 6 nitrogen and oxygen atoms in total. The number of carboxylic acids is 1. The number of carbonyl (C=O) groups is 1. The van der Waals surface area contributed by atoms with Crippen LogP contribution in [-0.2, 0) is 10.2 Å². The molecule has 0 bridgehead atoms. The van der Waals surface area contributed by atoms with Crippen molar-refractivity contribution >= 4 is 11.9 Å². The number of nitrogens with zero attached hydrogens (tertiary/aromatic N) is 3. The average Bonchev–Trinajstić information content (AvgIpc) is 2.78. The Labute approximate surface area is 106 Å². The maximum atomic E-state index is 10.9. The van der Waals surface area contributed by atoms with Gasteiger partial charge in [-0.15, -0.1) is 5.10 Å². The van der Waals surface area contributed by atoms with Crippen LogP contribution < -0.4 is 4.90 Å². The highest BCUT2D eigenvalue weighted by Crippen LogP contribution is 2.23. The highest BCUT2D eigenvalue weighted by atomic mass is 16.4. The van der Waals surface area contributed by atoms with Gasteiger partial charge in [0.05, 0.1) is 5.92 Å². The van der Waals surface area contributed by atoms with Crippen LogP contribution in [0.4, 0.5) is 5.95 Å². The second-order valence-corrected chi connectivity index (χ2v) is 5.83. The Morgan fingerprint density at radius 3 is 2.44 bits per heavy atom. The number of rotatable bonds is 2. The molecule has 1 aliphatic heterocycles. The third-order valence-corrected chi connectivity index (χ3v) is 3.31. The van der Waals surface area contributed by atoms with Gasteiger partial charge in [0.15, 0.2) is 0 Å². The first-order valence-electron chi connectivity index (χ1n) is 6.28. The highest BCUT2D eigenvalue weighted by Gasteiger charge is 2.27. The zero-order chi connectivity index (χ0) is 13.3. The minimum atomic E-state index is -0.694. The SMILES string of the molecule is CC(C)(C)c1nc(N2CCC(C(=O)O)CC2)n[nH]1. The summed E-state index contributed by atoms with van der Waals surface area (Å²) in [4.78, 5) is 17.4. The van der Waals surface area contributed by atoms with Crippen LogP contribution in [0.1, 0.15) is 39.4 Å². The average molecular weight is 252 g/mol. The van der Waals surface area contributed by atoms with Crippen molar-refractivity contribution in [2.24, 2.45) is 5.92 Å². The molecule has 1 aliphatic rings. The zero-order valence-electron chi connectivity index (χ0n) is 11.1. The van der Waals surface area contributed by atoms with E-state index in [1.807, 2.05) is 4.90 Å². The summed E-state index contributed by atoms with van der Waals surface area (Å²) in [5, 5.41) is 16.1. The lowest BCUT2D eigenvalue weighted by Gasteiger charge is -2.29. The number of anilines is 1. The molecule has 2 rings (SSSR count). The van der Waals surface area contributed by atoms with Crippen LogP contribution in [0.2, 0.25) is 0 Å². The summed E-state index contributed by atoms with van der Waals surface area (Å²) in [7, 11) is 0. The van der Waals surface area contributed by atoms with E-state index in [0.29, 0.717) is 31.9 Å². The molecule has 0 radical (unpaired) electrons. The number of H-pyrrole nitrogens is 1. The summed E-state index contributed by atoms with van der Waals surface area (Å²) in [6, 6.07) is 0. The van der Waals surface area contributed by atoms with E-state index in [-0.39, 0.29) is 11.3 Å². The largest absolute Gasteiger partial charge is 0.481 e. The summed E-state index contributed by atoms with van der Waals surface area (Å²) in [5.74, 6) is 0.629. The van der Waals surface area contributed by atoms with Crippen molar-refractivity contribution in [3.05, 3.63) is 5.82 Å². The first kappa shape index (κ1) is 12.9. The van der Waals surface area contributed by atoms with Crippen molar-refractivity contribution in [2.75, 3.05) is 18.0 Å². The predicted molar refractivity (Wildman–Crippen MR) is 67.7 cm³/mol. The van der Waals surface area contributed by atoms with Gasteiger partial charge in [0.2, 0.25) is 5.95 Å². The summed E-state index contributed by atoms with van der Waals surface area (Å²) in [6.07, 6.45) is 1.32. The molecule has 1 saturated heterocycles. The van der Waals surface area contributed by atoms with Crippen LogP contribution in [0.3, 0.4) is 0 Å². The van der Waals surface area contributed by atoms with Crippen molar-refractivity contribution in [2.45, 2.75) is 39.0 Å². The van der Waals surface area contributed by atoms with E-state index >= 15 is 0 Å². The second kappa shape index (κ2) is 4.59. The van der Waals surface area contributed by atoms with E-state index in [4.69, 9.17) is 5.11 Å². The summed E-state index contributed by atoms with van der Waals surface area (Å²) >= 11 is 0. The van der Waals surface area contributed by atoms with Gasteiger partial charge in [-0.25, -0.2) is 0 Å². The van der Waals surface area contributed by atoms with Crippen LogP contribution in [-0.4, -0.2) is 39.3 Å². The molecule has 1 fully saturated rings. The molecule has 0 atom stereocenters. The van der Waals surface area contributed by atoms with Gasteiger partial charge < -0.3 is 10.0 Å². The van der Waals surface area contributed by atoms with Crippen LogP contribution in [0, 0.1) is 5.92 Å². The highest BCUT2D eigenvalue weighted by molar-refractivity contribution is 5.70. The van der Waals surface area contributed by atoms with Crippen molar-refractivity contribution in [3.8, 4) is 0 Å². The standard InChI is InChI=1S/C12H20N4O2/c1-12(2,3)10-13-11(15-14-10)16-6-4-8(5-7-16)9(17)18/h8H,4-7H2,1-3H3,(H,17,18)(H,13,14,15). The van der Waals surface area contributed by atoms with Gasteiger partial charge in [-0.05, 0) is 12.8 Å². The van der Waals surface area contributed by atoms with Crippen molar-refractivity contribution in [3.63, 3.8) is 0 Å². The third-order valence-electron chi connectivity index (χ3n) is 3.31. The van der Waals surface area contributed by atoms with Crippen molar-refractivity contribution in [1.82, 2.24) is 15.2 Å².